The predicted octanol–water partition coefficient (Wildman–Crippen LogP) is 4.29. The summed E-state index contributed by atoms with van der Waals surface area (Å²) in [6.45, 7) is 7.66. The van der Waals surface area contributed by atoms with Gasteiger partial charge in [0, 0.05) is 24.5 Å². The summed E-state index contributed by atoms with van der Waals surface area (Å²) in [6, 6.07) is 20.6. The van der Waals surface area contributed by atoms with Crippen LogP contribution in [0.15, 0.2) is 73.1 Å². The van der Waals surface area contributed by atoms with Gasteiger partial charge in [0.15, 0.2) is 0 Å². The van der Waals surface area contributed by atoms with Crippen LogP contribution >= 0.6 is 0 Å². The summed E-state index contributed by atoms with van der Waals surface area (Å²) in [5.74, 6) is -0.923. The molecular weight excluding hydrogens is 444 g/mol. The Morgan fingerprint density at radius 1 is 0.771 bits per heavy atom. The van der Waals surface area contributed by atoms with Crippen molar-refractivity contribution in [3.63, 3.8) is 0 Å². The maximum absolute atomic E-state index is 10.9. The molecule has 182 valence electrons. The van der Waals surface area contributed by atoms with Gasteiger partial charge in [-0.25, -0.2) is 4.79 Å². The Morgan fingerprint density at radius 3 is 1.57 bits per heavy atom. The first-order valence-corrected chi connectivity index (χ1v) is 11.2. The highest BCUT2D eigenvalue weighted by atomic mass is 16.4. The van der Waals surface area contributed by atoms with E-state index in [0.717, 1.165) is 19.4 Å². The monoisotopic (exact) mass is 474 g/mol. The molecule has 0 spiro atoms. The molecule has 2 aromatic heterocycles. The number of aryl methyl sites for hydroxylation is 5. The van der Waals surface area contributed by atoms with Crippen LogP contribution in [0, 0.1) is 20.8 Å². The summed E-state index contributed by atoms with van der Waals surface area (Å²) in [7, 11) is 0. The fraction of sp³-hybridized carbons (Fsp3) is 0.259. The van der Waals surface area contributed by atoms with Gasteiger partial charge in [-0.3, -0.25) is 9.36 Å². The number of hydrogen-bond donors (Lipinski definition) is 1. The van der Waals surface area contributed by atoms with Gasteiger partial charge in [-0.1, -0.05) is 60.7 Å². The first kappa shape index (κ1) is 27.0. The van der Waals surface area contributed by atoms with Crippen molar-refractivity contribution in [2.75, 3.05) is 0 Å². The van der Waals surface area contributed by atoms with Crippen LogP contribution in [0.3, 0.4) is 0 Å². The largest absolute Gasteiger partial charge is 0.478 e. The third-order valence-electron chi connectivity index (χ3n) is 5.59. The van der Waals surface area contributed by atoms with Gasteiger partial charge in [-0.15, -0.1) is 0 Å². The van der Waals surface area contributed by atoms with Crippen molar-refractivity contribution in [2.45, 2.75) is 46.7 Å². The van der Waals surface area contributed by atoms with Crippen molar-refractivity contribution >= 4 is 12.1 Å². The van der Waals surface area contributed by atoms with E-state index in [0.29, 0.717) is 12.2 Å². The van der Waals surface area contributed by atoms with E-state index in [2.05, 4.69) is 65.1 Å². The average Bonchev–Trinajstić information content (AvgIpc) is 3.40. The molecule has 0 aliphatic carbocycles. The highest BCUT2D eigenvalue weighted by Gasteiger charge is 2.12. The minimum absolute atomic E-state index is 0.250. The molecule has 4 rings (SSSR count). The number of carboxylic acid groups (broad SMARTS) is 1. The molecule has 0 unspecified atom stereocenters. The molecule has 1 N–H and O–H groups in total. The first-order valence-electron chi connectivity index (χ1n) is 11.2. The topological polar surface area (TPSA) is 107 Å². The Kier molecular flexibility index (Phi) is 10.8. The molecule has 0 fully saturated rings. The lowest BCUT2D eigenvalue weighted by Crippen LogP contribution is -2.06. The van der Waals surface area contributed by atoms with Crippen LogP contribution in [0.2, 0.25) is 0 Å². The average molecular weight is 475 g/mol. The van der Waals surface area contributed by atoms with E-state index < -0.39 is 5.97 Å². The van der Waals surface area contributed by atoms with Gasteiger partial charge in [0.1, 0.15) is 5.56 Å². The number of carboxylic acids is 1. The lowest BCUT2D eigenvalue weighted by molar-refractivity contribution is -0.191. The number of carbonyl (C=O) groups excluding carboxylic acids is 2. The fourth-order valence-electron chi connectivity index (χ4n) is 3.41. The van der Waals surface area contributed by atoms with Gasteiger partial charge in [0.25, 0.3) is 0 Å². The SMILES string of the molecule is Cc1c(C(=O)O)cnn1CCc1ccccc1.Cc1cnn(CCc2ccccc2)c1C.O=C=O. The molecule has 0 saturated carbocycles. The zero-order chi connectivity index (χ0) is 25.6. The van der Waals surface area contributed by atoms with Gasteiger partial charge < -0.3 is 5.11 Å². The molecule has 35 heavy (non-hydrogen) atoms. The highest BCUT2D eigenvalue weighted by Crippen LogP contribution is 2.09. The van der Waals surface area contributed by atoms with E-state index in [-0.39, 0.29) is 11.7 Å². The lowest BCUT2D eigenvalue weighted by Gasteiger charge is -2.04. The molecular formula is C27H30N4O4. The van der Waals surface area contributed by atoms with E-state index in [1.165, 1.54) is 28.6 Å². The summed E-state index contributed by atoms with van der Waals surface area (Å²) in [4.78, 5) is 27.1. The van der Waals surface area contributed by atoms with Crippen LogP contribution in [0.4, 0.5) is 0 Å². The van der Waals surface area contributed by atoms with Gasteiger partial charge in [0.05, 0.1) is 12.4 Å². The van der Waals surface area contributed by atoms with E-state index in [4.69, 9.17) is 14.7 Å². The van der Waals surface area contributed by atoms with E-state index in [9.17, 15) is 4.79 Å². The molecule has 2 heterocycles. The Labute approximate surface area is 204 Å². The summed E-state index contributed by atoms with van der Waals surface area (Å²) in [6.07, 6.45) is 5.48. The fourth-order valence-corrected chi connectivity index (χ4v) is 3.41. The highest BCUT2D eigenvalue weighted by molar-refractivity contribution is 5.88. The number of rotatable bonds is 7. The van der Waals surface area contributed by atoms with Crippen LogP contribution in [-0.2, 0) is 35.5 Å². The second-order valence-corrected chi connectivity index (χ2v) is 7.86. The predicted molar refractivity (Wildman–Crippen MR) is 131 cm³/mol. The second kappa shape index (κ2) is 14.1. The van der Waals surface area contributed by atoms with Crippen LogP contribution < -0.4 is 0 Å². The second-order valence-electron chi connectivity index (χ2n) is 7.86. The molecule has 0 bridgehead atoms. The summed E-state index contributed by atoms with van der Waals surface area (Å²) < 4.78 is 3.80. The van der Waals surface area contributed by atoms with Crippen molar-refractivity contribution in [2.24, 2.45) is 0 Å². The maximum atomic E-state index is 10.9. The van der Waals surface area contributed by atoms with Gasteiger partial charge in [-0.2, -0.15) is 19.8 Å². The zero-order valence-electron chi connectivity index (χ0n) is 20.2. The van der Waals surface area contributed by atoms with Crippen molar-refractivity contribution in [1.29, 1.82) is 0 Å². The van der Waals surface area contributed by atoms with Crippen molar-refractivity contribution < 1.29 is 19.5 Å². The Morgan fingerprint density at radius 2 is 1.20 bits per heavy atom. The minimum atomic E-state index is -0.923. The van der Waals surface area contributed by atoms with Crippen LogP contribution in [0.25, 0.3) is 0 Å². The molecule has 4 aromatic rings. The molecule has 2 aromatic carbocycles. The number of carbonyl (C=O) groups is 1. The molecule has 0 aliphatic heterocycles. The third kappa shape index (κ3) is 8.53. The Balaban J connectivity index is 0.000000223. The van der Waals surface area contributed by atoms with Gasteiger partial charge in [0.2, 0.25) is 0 Å². The zero-order valence-corrected chi connectivity index (χ0v) is 20.2. The van der Waals surface area contributed by atoms with Crippen molar-refractivity contribution in [3.8, 4) is 0 Å². The molecule has 0 saturated heterocycles. The quantitative estimate of drug-likeness (QED) is 0.428. The number of hydrogen-bond acceptors (Lipinski definition) is 5. The van der Waals surface area contributed by atoms with E-state index in [1.54, 1.807) is 11.6 Å². The van der Waals surface area contributed by atoms with Gasteiger partial charge in [-0.05, 0) is 50.3 Å². The number of benzene rings is 2. The summed E-state index contributed by atoms with van der Waals surface area (Å²) in [5, 5.41) is 17.3. The molecule has 8 nitrogen and oxygen atoms in total. The molecule has 0 radical (unpaired) electrons. The van der Waals surface area contributed by atoms with E-state index >= 15 is 0 Å². The number of aromatic carboxylic acids is 1. The lowest BCUT2D eigenvalue weighted by atomic mass is 10.1. The number of aromatic nitrogens is 4. The van der Waals surface area contributed by atoms with Crippen LogP contribution in [0.5, 0.6) is 0 Å². The Bertz CT molecular complexity index is 1220. The smallest absolute Gasteiger partial charge is 0.373 e. The van der Waals surface area contributed by atoms with Crippen molar-refractivity contribution in [1.82, 2.24) is 19.6 Å². The van der Waals surface area contributed by atoms with Crippen LogP contribution in [-0.4, -0.2) is 36.8 Å². The molecule has 0 atom stereocenters. The molecule has 8 heteroatoms. The number of nitrogens with zero attached hydrogens (tertiary/aromatic N) is 4. The normalized spacial score (nSPS) is 9.80. The summed E-state index contributed by atoms with van der Waals surface area (Å²) >= 11 is 0. The third-order valence-corrected chi connectivity index (χ3v) is 5.59. The standard InChI is InChI=1S/C13H14N2O2.C13H16N2.CO2/c1-10-12(13(16)17)9-14-15(10)8-7-11-5-3-2-4-6-11;1-11-10-14-15(12(11)2)9-8-13-6-4-3-5-7-13;2-1-3/h2-6,9H,7-8H2,1H3,(H,16,17);3-7,10H,8-9H2,1-2H3;. The van der Waals surface area contributed by atoms with Crippen LogP contribution in [0.1, 0.15) is 38.4 Å². The first-order chi connectivity index (χ1) is 16.9. The van der Waals surface area contributed by atoms with Crippen molar-refractivity contribution in [3.05, 3.63) is 107 Å². The Hall–Kier alpha value is -4.29. The van der Waals surface area contributed by atoms with E-state index in [1.807, 2.05) is 30.5 Å². The summed E-state index contributed by atoms with van der Waals surface area (Å²) in [5.41, 5.74) is 6.10. The maximum Gasteiger partial charge on any atom is 0.373 e. The van der Waals surface area contributed by atoms with Gasteiger partial charge >= 0.3 is 12.1 Å². The molecule has 0 amide bonds. The molecule has 0 aliphatic rings. The minimum Gasteiger partial charge on any atom is -0.478 e.